The highest BCUT2D eigenvalue weighted by Gasteiger charge is 2.09. The number of benzene rings is 1. The zero-order chi connectivity index (χ0) is 15.4. The predicted octanol–water partition coefficient (Wildman–Crippen LogP) is 2.00. The SMILES string of the molecule is Cc1ccc(C(=O)O)cc1NC(=O)CCc1cnn(C)c1. The van der Waals surface area contributed by atoms with E-state index in [1.807, 2.05) is 20.2 Å². The Morgan fingerprint density at radius 3 is 2.76 bits per heavy atom. The predicted molar refractivity (Wildman–Crippen MR) is 78.3 cm³/mol. The van der Waals surface area contributed by atoms with Gasteiger partial charge in [-0.1, -0.05) is 6.07 Å². The van der Waals surface area contributed by atoms with Crippen LogP contribution in [0.2, 0.25) is 0 Å². The minimum absolute atomic E-state index is 0.149. The zero-order valence-corrected chi connectivity index (χ0v) is 12.0. The molecule has 0 spiro atoms. The van der Waals surface area contributed by atoms with Crippen LogP contribution in [-0.2, 0) is 18.3 Å². The van der Waals surface area contributed by atoms with Crippen LogP contribution in [0.4, 0.5) is 5.69 Å². The number of aromatic nitrogens is 2. The molecule has 0 aliphatic carbocycles. The van der Waals surface area contributed by atoms with Crippen LogP contribution in [0.25, 0.3) is 0 Å². The van der Waals surface area contributed by atoms with Crippen LogP contribution in [0.15, 0.2) is 30.6 Å². The molecule has 0 fully saturated rings. The maximum atomic E-state index is 11.9. The number of rotatable bonds is 5. The highest BCUT2D eigenvalue weighted by Crippen LogP contribution is 2.17. The van der Waals surface area contributed by atoms with E-state index in [2.05, 4.69) is 10.4 Å². The molecule has 6 nitrogen and oxygen atoms in total. The van der Waals surface area contributed by atoms with Gasteiger partial charge in [0.25, 0.3) is 0 Å². The van der Waals surface area contributed by atoms with Crippen LogP contribution in [0.3, 0.4) is 0 Å². The Morgan fingerprint density at radius 1 is 1.38 bits per heavy atom. The summed E-state index contributed by atoms with van der Waals surface area (Å²) in [7, 11) is 1.82. The van der Waals surface area contributed by atoms with Crippen LogP contribution in [0, 0.1) is 6.92 Å². The molecular weight excluding hydrogens is 270 g/mol. The molecule has 0 saturated heterocycles. The molecule has 0 atom stereocenters. The van der Waals surface area contributed by atoms with Gasteiger partial charge in [0, 0.05) is 25.4 Å². The normalized spacial score (nSPS) is 10.4. The van der Waals surface area contributed by atoms with Crippen molar-refractivity contribution < 1.29 is 14.7 Å². The summed E-state index contributed by atoms with van der Waals surface area (Å²) in [5.74, 6) is -1.16. The fourth-order valence-electron chi connectivity index (χ4n) is 1.96. The molecule has 21 heavy (non-hydrogen) atoms. The van der Waals surface area contributed by atoms with E-state index in [0.717, 1.165) is 11.1 Å². The smallest absolute Gasteiger partial charge is 0.335 e. The van der Waals surface area contributed by atoms with Gasteiger partial charge in [0.1, 0.15) is 0 Å². The number of carbonyl (C=O) groups excluding carboxylic acids is 1. The number of aromatic carboxylic acids is 1. The number of nitrogens with zero attached hydrogens (tertiary/aromatic N) is 2. The second kappa shape index (κ2) is 6.21. The van der Waals surface area contributed by atoms with Crippen molar-refractivity contribution in [3.63, 3.8) is 0 Å². The van der Waals surface area contributed by atoms with Crippen molar-refractivity contribution in [2.24, 2.45) is 7.05 Å². The van der Waals surface area contributed by atoms with Crippen LogP contribution < -0.4 is 5.32 Å². The fourth-order valence-corrected chi connectivity index (χ4v) is 1.96. The van der Waals surface area contributed by atoms with Gasteiger partial charge in [0.2, 0.25) is 5.91 Å². The Labute approximate surface area is 122 Å². The highest BCUT2D eigenvalue weighted by molar-refractivity contribution is 5.94. The molecule has 0 unspecified atom stereocenters. The number of carboxylic acids is 1. The minimum atomic E-state index is -1.01. The monoisotopic (exact) mass is 287 g/mol. The third kappa shape index (κ3) is 3.92. The number of carbonyl (C=O) groups is 2. The molecule has 2 N–H and O–H groups in total. The standard InChI is InChI=1S/C15H17N3O3/c1-10-3-5-12(15(20)21)7-13(10)17-14(19)6-4-11-8-16-18(2)9-11/h3,5,7-9H,4,6H2,1-2H3,(H,17,19)(H,20,21). The van der Waals surface area contributed by atoms with Crippen LogP contribution in [0.5, 0.6) is 0 Å². The van der Waals surface area contributed by atoms with Crippen molar-refractivity contribution >= 4 is 17.6 Å². The number of amides is 1. The van der Waals surface area contributed by atoms with Crippen molar-refractivity contribution in [1.82, 2.24) is 9.78 Å². The topological polar surface area (TPSA) is 84.2 Å². The first-order valence-corrected chi connectivity index (χ1v) is 6.57. The second-order valence-corrected chi connectivity index (χ2v) is 4.91. The fraction of sp³-hybridized carbons (Fsp3) is 0.267. The Morgan fingerprint density at radius 2 is 2.14 bits per heavy atom. The maximum absolute atomic E-state index is 11.9. The third-order valence-electron chi connectivity index (χ3n) is 3.16. The molecular formula is C15H17N3O3. The molecule has 110 valence electrons. The molecule has 0 aliphatic heterocycles. The van der Waals surface area contributed by atoms with Crippen LogP contribution >= 0.6 is 0 Å². The molecule has 2 aromatic rings. The van der Waals surface area contributed by atoms with Gasteiger partial charge in [0.05, 0.1) is 11.8 Å². The van der Waals surface area contributed by atoms with Gasteiger partial charge in [-0.3, -0.25) is 9.48 Å². The summed E-state index contributed by atoms with van der Waals surface area (Å²) in [6.45, 7) is 1.82. The van der Waals surface area contributed by atoms with Gasteiger partial charge in [-0.2, -0.15) is 5.10 Å². The minimum Gasteiger partial charge on any atom is -0.478 e. The summed E-state index contributed by atoms with van der Waals surface area (Å²) in [6, 6.07) is 4.67. The van der Waals surface area contributed by atoms with E-state index in [4.69, 9.17) is 5.11 Å². The number of nitrogens with one attached hydrogen (secondary N) is 1. The van der Waals surface area contributed by atoms with E-state index in [9.17, 15) is 9.59 Å². The first kappa shape index (κ1) is 14.8. The molecule has 6 heteroatoms. The van der Waals surface area contributed by atoms with Gasteiger partial charge in [-0.25, -0.2) is 4.79 Å². The average Bonchev–Trinajstić information content (AvgIpc) is 2.84. The number of aryl methyl sites for hydroxylation is 3. The summed E-state index contributed by atoms with van der Waals surface area (Å²) >= 11 is 0. The van der Waals surface area contributed by atoms with E-state index in [1.54, 1.807) is 16.9 Å². The van der Waals surface area contributed by atoms with Gasteiger partial charge < -0.3 is 10.4 Å². The lowest BCUT2D eigenvalue weighted by Gasteiger charge is -2.09. The first-order valence-electron chi connectivity index (χ1n) is 6.57. The van der Waals surface area contributed by atoms with E-state index in [-0.39, 0.29) is 11.5 Å². The van der Waals surface area contributed by atoms with Crippen molar-refractivity contribution in [2.45, 2.75) is 19.8 Å². The van der Waals surface area contributed by atoms with Crippen molar-refractivity contribution in [2.75, 3.05) is 5.32 Å². The van der Waals surface area contributed by atoms with Crippen LogP contribution in [-0.4, -0.2) is 26.8 Å². The van der Waals surface area contributed by atoms with Crippen molar-refractivity contribution in [3.8, 4) is 0 Å². The zero-order valence-electron chi connectivity index (χ0n) is 12.0. The summed E-state index contributed by atoms with van der Waals surface area (Å²) in [4.78, 5) is 22.9. The molecule has 0 aliphatic rings. The molecule has 1 amide bonds. The van der Waals surface area contributed by atoms with Crippen molar-refractivity contribution in [3.05, 3.63) is 47.3 Å². The quantitative estimate of drug-likeness (QED) is 0.881. The van der Waals surface area contributed by atoms with E-state index in [0.29, 0.717) is 18.5 Å². The number of anilines is 1. The summed E-state index contributed by atoms with van der Waals surface area (Å²) in [6.07, 6.45) is 4.51. The molecule has 0 radical (unpaired) electrons. The molecule has 1 aromatic heterocycles. The van der Waals surface area contributed by atoms with E-state index >= 15 is 0 Å². The second-order valence-electron chi connectivity index (χ2n) is 4.91. The van der Waals surface area contributed by atoms with E-state index in [1.165, 1.54) is 12.1 Å². The summed E-state index contributed by atoms with van der Waals surface area (Å²) in [5.41, 5.74) is 2.51. The Hall–Kier alpha value is -2.63. The first-order chi connectivity index (χ1) is 9.95. The van der Waals surface area contributed by atoms with Crippen LogP contribution in [0.1, 0.15) is 27.9 Å². The third-order valence-corrected chi connectivity index (χ3v) is 3.16. The Bertz CT molecular complexity index is 677. The van der Waals surface area contributed by atoms with Gasteiger partial charge >= 0.3 is 5.97 Å². The Kier molecular flexibility index (Phi) is 4.37. The van der Waals surface area contributed by atoms with Gasteiger partial charge in [-0.15, -0.1) is 0 Å². The largest absolute Gasteiger partial charge is 0.478 e. The molecule has 0 bridgehead atoms. The average molecular weight is 287 g/mol. The number of hydrogen-bond acceptors (Lipinski definition) is 3. The summed E-state index contributed by atoms with van der Waals surface area (Å²) < 4.78 is 1.69. The van der Waals surface area contributed by atoms with Gasteiger partial charge in [0.15, 0.2) is 0 Å². The number of hydrogen-bond donors (Lipinski definition) is 2. The summed E-state index contributed by atoms with van der Waals surface area (Å²) in [5, 5.41) is 15.8. The van der Waals surface area contributed by atoms with Gasteiger partial charge in [-0.05, 0) is 36.6 Å². The maximum Gasteiger partial charge on any atom is 0.335 e. The molecule has 0 saturated carbocycles. The lowest BCUT2D eigenvalue weighted by Crippen LogP contribution is -2.13. The molecule has 1 heterocycles. The number of carboxylic acid groups (broad SMARTS) is 1. The van der Waals surface area contributed by atoms with Crippen molar-refractivity contribution in [1.29, 1.82) is 0 Å². The lowest BCUT2D eigenvalue weighted by atomic mass is 10.1. The molecule has 1 aromatic carbocycles. The Balaban J connectivity index is 1.99. The highest BCUT2D eigenvalue weighted by atomic mass is 16.4. The van der Waals surface area contributed by atoms with E-state index < -0.39 is 5.97 Å². The molecule has 2 rings (SSSR count). The lowest BCUT2D eigenvalue weighted by molar-refractivity contribution is -0.116.